The molecule has 0 radical (unpaired) electrons. The molecule has 1 atom stereocenters. The van der Waals surface area contributed by atoms with Crippen LogP contribution in [0.2, 0.25) is 10.2 Å². The second kappa shape index (κ2) is 8.73. The van der Waals surface area contributed by atoms with E-state index in [0.29, 0.717) is 28.1 Å². The third-order valence-corrected chi connectivity index (χ3v) is 6.22. The summed E-state index contributed by atoms with van der Waals surface area (Å²) in [4.78, 5) is 40.6. The second-order valence-electron chi connectivity index (χ2n) is 8.20. The van der Waals surface area contributed by atoms with Crippen LogP contribution >= 0.6 is 23.2 Å². The van der Waals surface area contributed by atoms with Crippen LogP contribution in [0, 0.1) is 0 Å². The molecule has 34 heavy (non-hydrogen) atoms. The minimum Gasteiger partial charge on any atom is -0.480 e. The van der Waals surface area contributed by atoms with E-state index in [9.17, 15) is 19.5 Å². The van der Waals surface area contributed by atoms with Gasteiger partial charge in [-0.2, -0.15) is 5.10 Å². The number of carbonyl (C=O) groups excluding carboxylic acids is 2. The molecule has 11 nitrogen and oxygen atoms in total. The van der Waals surface area contributed by atoms with E-state index in [0.717, 1.165) is 17.7 Å². The molecule has 176 valence electrons. The second-order valence-corrected chi connectivity index (χ2v) is 9.02. The highest BCUT2D eigenvalue weighted by molar-refractivity contribution is 6.31. The van der Waals surface area contributed by atoms with Gasteiger partial charge in [-0.1, -0.05) is 28.4 Å². The smallest absolute Gasteiger partial charge is 0.326 e. The van der Waals surface area contributed by atoms with Gasteiger partial charge < -0.3 is 10.0 Å². The molecule has 2 fully saturated rings. The summed E-state index contributed by atoms with van der Waals surface area (Å²) < 4.78 is 3.19. The van der Waals surface area contributed by atoms with Crippen molar-refractivity contribution in [2.75, 3.05) is 18.0 Å². The van der Waals surface area contributed by atoms with E-state index in [-0.39, 0.29) is 18.1 Å². The summed E-state index contributed by atoms with van der Waals surface area (Å²) in [6, 6.07) is 5.66. The molecule has 1 N–H and O–H groups in total. The van der Waals surface area contributed by atoms with Crippen LogP contribution in [-0.4, -0.2) is 71.7 Å². The standard InChI is InChI=1S/C21H19Cl2N7O4/c22-12-1-4-15(30-9-18(23)24-26-30)16(7-12)27-10-20(32)28(11-19(27)31)17(21(33)34)8-13-5-6-29(25-13)14-2-3-14/h1,4-7,9,14,17H,2-3,8,10-11H2,(H,33,34). The fraction of sp³-hybridized carbons (Fsp3) is 0.333. The van der Waals surface area contributed by atoms with Crippen molar-refractivity contribution in [2.45, 2.75) is 31.3 Å². The van der Waals surface area contributed by atoms with Gasteiger partial charge in [-0.05, 0) is 37.1 Å². The lowest BCUT2D eigenvalue weighted by molar-refractivity contribution is -0.152. The number of carboxylic acid groups (broad SMARTS) is 1. The first-order chi connectivity index (χ1) is 16.3. The van der Waals surface area contributed by atoms with Crippen molar-refractivity contribution in [3.05, 3.63) is 52.5 Å². The summed E-state index contributed by atoms with van der Waals surface area (Å²) in [5.41, 5.74) is 1.34. The molecular formula is C21H19Cl2N7O4. The summed E-state index contributed by atoms with van der Waals surface area (Å²) in [5, 5.41) is 22.4. The molecular weight excluding hydrogens is 485 g/mol. The maximum absolute atomic E-state index is 13.1. The summed E-state index contributed by atoms with van der Waals surface area (Å²) in [6.45, 7) is -0.752. The highest BCUT2D eigenvalue weighted by Crippen LogP contribution is 2.34. The number of aromatic nitrogens is 5. The number of hydrogen-bond acceptors (Lipinski definition) is 6. The number of nitrogens with zero attached hydrogens (tertiary/aromatic N) is 7. The molecule has 5 rings (SSSR count). The number of carboxylic acids is 1. The molecule has 2 aromatic heterocycles. The molecule has 1 aliphatic heterocycles. The van der Waals surface area contributed by atoms with Gasteiger partial charge in [0.05, 0.1) is 29.3 Å². The largest absolute Gasteiger partial charge is 0.480 e. The topological polar surface area (TPSA) is 126 Å². The first-order valence-corrected chi connectivity index (χ1v) is 11.3. The molecule has 1 aromatic carbocycles. The molecule has 13 heteroatoms. The minimum atomic E-state index is -1.21. The first-order valence-electron chi connectivity index (χ1n) is 10.5. The van der Waals surface area contributed by atoms with Crippen LogP contribution in [-0.2, 0) is 20.8 Å². The van der Waals surface area contributed by atoms with E-state index in [2.05, 4.69) is 15.4 Å². The predicted molar refractivity (Wildman–Crippen MR) is 121 cm³/mol. The van der Waals surface area contributed by atoms with E-state index in [1.807, 2.05) is 10.9 Å². The maximum Gasteiger partial charge on any atom is 0.326 e. The molecule has 2 aliphatic rings. The van der Waals surface area contributed by atoms with Crippen molar-refractivity contribution < 1.29 is 19.5 Å². The normalized spacial score (nSPS) is 17.4. The zero-order chi connectivity index (χ0) is 24.0. The number of hydrogen-bond donors (Lipinski definition) is 1. The van der Waals surface area contributed by atoms with E-state index in [1.165, 1.54) is 21.8 Å². The Morgan fingerprint density at radius 1 is 1.12 bits per heavy atom. The zero-order valence-electron chi connectivity index (χ0n) is 17.7. The summed E-state index contributed by atoms with van der Waals surface area (Å²) in [6.07, 6.45) is 5.37. The average Bonchev–Trinajstić information content (AvgIpc) is 3.39. The van der Waals surface area contributed by atoms with Crippen molar-refractivity contribution in [1.29, 1.82) is 0 Å². The zero-order valence-corrected chi connectivity index (χ0v) is 19.2. The van der Waals surface area contributed by atoms with Gasteiger partial charge >= 0.3 is 5.97 Å². The summed E-state index contributed by atoms with van der Waals surface area (Å²) >= 11 is 12.0. The monoisotopic (exact) mass is 503 g/mol. The van der Waals surface area contributed by atoms with Gasteiger partial charge in [0.2, 0.25) is 11.8 Å². The number of aliphatic carboxylic acids is 1. The number of piperazine rings is 1. The molecule has 1 unspecified atom stereocenters. The number of rotatable bonds is 7. The van der Waals surface area contributed by atoms with Crippen LogP contribution in [0.5, 0.6) is 0 Å². The Bertz CT molecular complexity index is 1290. The number of carbonyl (C=O) groups is 3. The molecule has 0 spiro atoms. The third-order valence-electron chi connectivity index (χ3n) is 5.81. The summed E-state index contributed by atoms with van der Waals surface area (Å²) in [5.74, 6) is -2.16. The van der Waals surface area contributed by atoms with Gasteiger partial charge in [0.1, 0.15) is 19.1 Å². The van der Waals surface area contributed by atoms with Gasteiger partial charge in [-0.3, -0.25) is 19.2 Å². The van der Waals surface area contributed by atoms with Gasteiger partial charge in [0.15, 0.2) is 5.15 Å². The van der Waals surface area contributed by atoms with Crippen molar-refractivity contribution in [3.8, 4) is 5.69 Å². The Labute approximate surface area is 203 Å². The minimum absolute atomic E-state index is 0.00788. The first kappa shape index (κ1) is 22.4. The highest BCUT2D eigenvalue weighted by atomic mass is 35.5. The maximum atomic E-state index is 13.1. The lowest BCUT2D eigenvalue weighted by Crippen LogP contribution is -2.59. The molecule has 0 bridgehead atoms. The van der Waals surface area contributed by atoms with Gasteiger partial charge in [0, 0.05) is 17.6 Å². The van der Waals surface area contributed by atoms with Crippen LogP contribution in [0.25, 0.3) is 5.69 Å². The number of amides is 2. The fourth-order valence-electron chi connectivity index (χ4n) is 3.96. The Morgan fingerprint density at radius 2 is 1.91 bits per heavy atom. The SMILES string of the molecule is O=C(O)C(Cc1ccn(C2CC2)n1)N1CC(=O)N(c2cc(Cl)ccc2-n2cc(Cl)nn2)CC1=O. The predicted octanol–water partition coefficient (Wildman–Crippen LogP) is 1.98. The van der Waals surface area contributed by atoms with Crippen LogP contribution < -0.4 is 4.90 Å². The molecule has 3 aromatic rings. The van der Waals surface area contributed by atoms with Gasteiger partial charge in [-0.15, -0.1) is 5.10 Å². The van der Waals surface area contributed by atoms with Crippen molar-refractivity contribution in [2.24, 2.45) is 0 Å². The Balaban J connectivity index is 1.39. The Hall–Kier alpha value is -3.44. The van der Waals surface area contributed by atoms with E-state index in [4.69, 9.17) is 23.2 Å². The van der Waals surface area contributed by atoms with Crippen LogP contribution in [0.1, 0.15) is 24.6 Å². The molecule has 1 saturated heterocycles. The van der Waals surface area contributed by atoms with E-state index in [1.54, 1.807) is 18.2 Å². The van der Waals surface area contributed by atoms with Gasteiger partial charge in [0.25, 0.3) is 0 Å². The lowest BCUT2D eigenvalue weighted by atomic mass is 10.1. The molecule has 2 amide bonds. The lowest BCUT2D eigenvalue weighted by Gasteiger charge is -2.37. The fourth-order valence-corrected chi connectivity index (χ4v) is 4.25. The number of benzene rings is 1. The summed E-state index contributed by atoms with van der Waals surface area (Å²) in [7, 11) is 0. The van der Waals surface area contributed by atoms with E-state index < -0.39 is 30.4 Å². The number of anilines is 1. The quantitative estimate of drug-likeness (QED) is 0.522. The van der Waals surface area contributed by atoms with Crippen molar-refractivity contribution in [1.82, 2.24) is 29.7 Å². The van der Waals surface area contributed by atoms with Crippen molar-refractivity contribution in [3.63, 3.8) is 0 Å². The average molecular weight is 504 g/mol. The van der Waals surface area contributed by atoms with Gasteiger partial charge in [-0.25, -0.2) is 9.48 Å². The third kappa shape index (κ3) is 4.36. The Kier molecular flexibility index (Phi) is 5.74. The number of halogens is 2. The van der Waals surface area contributed by atoms with Crippen LogP contribution in [0.4, 0.5) is 5.69 Å². The molecule has 1 saturated carbocycles. The van der Waals surface area contributed by atoms with E-state index >= 15 is 0 Å². The Morgan fingerprint density at radius 3 is 2.59 bits per heavy atom. The van der Waals surface area contributed by atoms with Crippen LogP contribution in [0.3, 0.4) is 0 Å². The molecule has 3 heterocycles. The highest BCUT2D eigenvalue weighted by Gasteiger charge is 2.39. The molecule has 1 aliphatic carbocycles. The van der Waals surface area contributed by atoms with Crippen LogP contribution in [0.15, 0.2) is 36.7 Å². The van der Waals surface area contributed by atoms with Crippen molar-refractivity contribution >= 4 is 46.7 Å².